The normalized spacial score (nSPS) is 13.9. The molecule has 0 bridgehead atoms. The van der Waals surface area contributed by atoms with Crippen LogP contribution in [0, 0.1) is 0 Å². The third-order valence-corrected chi connectivity index (χ3v) is 3.64. The fourth-order valence-corrected chi connectivity index (χ4v) is 2.51. The van der Waals surface area contributed by atoms with Gasteiger partial charge in [0.15, 0.2) is 0 Å². The molecular weight excluding hydrogens is 257 g/mol. The quantitative estimate of drug-likeness (QED) is 0.538. The summed E-state index contributed by atoms with van der Waals surface area (Å²) in [5.74, 6) is -0.356. The standard InChI is InChI=1S/C16H20FNO2/c17-11-7-3-1-2-4-8-12-18-15(19)13-9-5-6-10-14(13)16(18)20/h5-6,9-10H,1-4,7-8,11-12H2. The van der Waals surface area contributed by atoms with Crippen molar-refractivity contribution in [2.24, 2.45) is 0 Å². The van der Waals surface area contributed by atoms with Gasteiger partial charge in [-0.05, 0) is 25.0 Å². The van der Waals surface area contributed by atoms with E-state index in [0.717, 1.165) is 32.1 Å². The van der Waals surface area contributed by atoms with Crippen LogP contribution in [0.4, 0.5) is 4.39 Å². The van der Waals surface area contributed by atoms with Crippen molar-refractivity contribution < 1.29 is 14.0 Å². The molecule has 1 aromatic carbocycles. The Morgan fingerprint density at radius 3 is 1.85 bits per heavy atom. The SMILES string of the molecule is O=C1c2ccccc2C(=O)N1CCCCCCCCF. The molecule has 0 atom stereocenters. The summed E-state index contributed by atoms with van der Waals surface area (Å²) in [6, 6.07) is 6.95. The lowest BCUT2D eigenvalue weighted by atomic mass is 10.1. The predicted octanol–water partition coefficient (Wildman–Crippen LogP) is 3.59. The fourth-order valence-electron chi connectivity index (χ4n) is 2.51. The average Bonchev–Trinajstić information content (AvgIpc) is 2.71. The van der Waals surface area contributed by atoms with Crippen LogP contribution in [-0.4, -0.2) is 29.9 Å². The number of hydrogen-bond acceptors (Lipinski definition) is 2. The smallest absolute Gasteiger partial charge is 0.261 e. The molecule has 1 aliphatic rings. The number of nitrogens with zero attached hydrogens (tertiary/aromatic N) is 1. The van der Waals surface area contributed by atoms with Gasteiger partial charge in [-0.3, -0.25) is 18.9 Å². The zero-order valence-corrected chi connectivity index (χ0v) is 11.6. The van der Waals surface area contributed by atoms with Crippen LogP contribution in [0.3, 0.4) is 0 Å². The molecule has 3 nitrogen and oxygen atoms in total. The molecule has 4 heteroatoms. The van der Waals surface area contributed by atoms with Crippen LogP contribution in [0.1, 0.15) is 59.2 Å². The third-order valence-electron chi connectivity index (χ3n) is 3.64. The molecule has 2 rings (SSSR count). The van der Waals surface area contributed by atoms with E-state index in [2.05, 4.69) is 0 Å². The molecule has 0 aromatic heterocycles. The number of halogens is 1. The fraction of sp³-hybridized carbons (Fsp3) is 0.500. The summed E-state index contributed by atoms with van der Waals surface area (Å²) >= 11 is 0. The van der Waals surface area contributed by atoms with Gasteiger partial charge in [0.25, 0.3) is 11.8 Å². The minimum absolute atomic E-state index is 0.178. The van der Waals surface area contributed by atoms with Crippen molar-refractivity contribution >= 4 is 11.8 Å². The van der Waals surface area contributed by atoms with Gasteiger partial charge in [0.2, 0.25) is 0 Å². The maximum atomic E-state index is 12.1. The van der Waals surface area contributed by atoms with Crippen LogP contribution < -0.4 is 0 Å². The first kappa shape index (κ1) is 14.7. The Labute approximate surface area is 118 Å². The van der Waals surface area contributed by atoms with Crippen molar-refractivity contribution in [3.8, 4) is 0 Å². The Morgan fingerprint density at radius 2 is 1.30 bits per heavy atom. The summed E-state index contributed by atoms with van der Waals surface area (Å²) in [5, 5.41) is 0. The highest BCUT2D eigenvalue weighted by Gasteiger charge is 2.34. The van der Waals surface area contributed by atoms with E-state index >= 15 is 0 Å². The molecule has 2 amide bonds. The van der Waals surface area contributed by atoms with E-state index < -0.39 is 0 Å². The number of alkyl halides is 1. The molecule has 0 saturated heterocycles. The molecule has 0 unspecified atom stereocenters. The van der Waals surface area contributed by atoms with Crippen LogP contribution in [0.2, 0.25) is 0 Å². The van der Waals surface area contributed by atoms with Gasteiger partial charge in [0.1, 0.15) is 0 Å². The van der Waals surface area contributed by atoms with Gasteiger partial charge in [-0.1, -0.05) is 37.8 Å². The van der Waals surface area contributed by atoms with Gasteiger partial charge >= 0.3 is 0 Å². The molecule has 1 aliphatic heterocycles. The van der Waals surface area contributed by atoms with Crippen LogP contribution in [0.15, 0.2) is 24.3 Å². The van der Waals surface area contributed by atoms with Crippen molar-refractivity contribution in [3.63, 3.8) is 0 Å². The first-order chi connectivity index (χ1) is 9.75. The van der Waals surface area contributed by atoms with Gasteiger partial charge in [0, 0.05) is 6.54 Å². The maximum Gasteiger partial charge on any atom is 0.261 e. The van der Waals surface area contributed by atoms with Crippen molar-refractivity contribution in [1.82, 2.24) is 4.90 Å². The number of benzene rings is 1. The summed E-state index contributed by atoms with van der Waals surface area (Å²) < 4.78 is 11.9. The van der Waals surface area contributed by atoms with E-state index in [9.17, 15) is 14.0 Å². The van der Waals surface area contributed by atoms with Gasteiger partial charge in [-0.15, -0.1) is 0 Å². The average molecular weight is 277 g/mol. The lowest BCUT2D eigenvalue weighted by Gasteiger charge is -2.13. The van der Waals surface area contributed by atoms with Crippen molar-refractivity contribution in [2.75, 3.05) is 13.2 Å². The largest absolute Gasteiger partial charge is 0.274 e. The minimum Gasteiger partial charge on any atom is -0.274 e. The molecule has 0 aliphatic carbocycles. The zero-order chi connectivity index (χ0) is 14.4. The Hall–Kier alpha value is -1.71. The van der Waals surface area contributed by atoms with E-state index in [4.69, 9.17) is 0 Å². The Bertz CT molecular complexity index is 452. The summed E-state index contributed by atoms with van der Waals surface area (Å²) in [7, 11) is 0. The molecule has 108 valence electrons. The molecule has 0 N–H and O–H groups in total. The zero-order valence-electron chi connectivity index (χ0n) is 11.6. The summed E-state index contributed by atoms with van der Waals surface area (Å²) in [5.41, 5.74) is 1.03. The maximum absolute atomic E-state index is 12.1. The van der Waals surface area contributed by atoms with E-state index in [1.54, 1.807) is 24.3 Å². The second kappa shape index (κ2) is 7.17. The van der Waals surface area contributed by atoms with Crippen molar-refractivity contribution in [2.45, 2.75) is 38.5 Å². The lowest BCUT2D eigenvalue weighted by molar-refractivity contribution is 0.0651. The molecule has 0 saturated carbocycles. The Balaban J connectivity index is 1.75. The predicted molar refractivity (Wildman–Crippen MR) is 75.5 cm³/mol. The number of fused-ring (bicyclic) bond motifs is 1. The second-order valence-electron chi connectivity index (χ2n) is 5.12. The van der Waals surface area contributed by atoms with Gasteiger partial charge < -0.3 is 0 Å². The number of imide groups is 1. The highest BCUT2D eigenvalue weighted by molar-refractivity contribution is 6.21. The molecule has 20 heavy (non-hydrogen) atoms. The second-order valence-corrected chi connectivity index (χ2v) is 5.12. The van der Waals surface area contributed by atoms with Crippen LogP contribution >= 0.6 is 0 Å². The minimum atomic E-state index is -0.241. The number of carbonyl (C=O) groups excluding carboxylic acids is 2. The monoisotopic (exact) mass is 277 g/mol. The van der Waals surface area contributed by atoms with E-state index in [1.807, 2.05) is 0 Å². The van der Waals surface area contributed by atoms with Crippen molar-refractivity contribution in [1.29, 1.82) is 0 Å². The lowest BCUT2D eigenvalue weighted by Crippen LogP contribution is -2.30. The number of carbonyl (C=O) groups is 2. The summed E-state index contributed by atoms with van der Waals surface area (Å²) in [4.78, 5) is 25.5. The highest BCUT2D eigenvalue weighted by atomic mass is 19.1. The first-order valence-corrected chi connectivity index (χ1v) is 7.27. The molecule has 0 spiro atoms. The van der Waals surface area contributed by atoms with Crippen molar-refractivity contribution in [3.05, 3.63) is 35.4 Å². The van der Waals surface area contributed by atoms with Crippen LogP contribution in [0.5, 0.6) is 0 Å². The van der Waals surface area contributed by atoms with Crippen LogP contribution in [-0.2, 0) is 0 Å². The van der Waals surface area contributed by atoms with Gasteiger partial charge in [0.05, 0.1) is 17.8 Å². The number of rotatable bonds is 8. The van der Waals surface area contributed by atoms with E-state index in [-0.39, 0.29) is 18.5 Å². The molecule has 1 heterocycles. The van der Waals surface area contributed by atoms with E-state index in [1.165, 1.54) is 4.90 Å². The molecule has 1 aromatic rings. The summed E-state index contributed by atoms with van der Waals surface area (Å²) in [6.07, 6.45) is 5.40. The Kier molecular flexibility index (Phi) is 5.27. The number of hydrogen-bond donors (Lipinski definition) is 0. The first-order valence-electron chi connectivity index (χ1n) is 7.27. The Morgan fingerprint density at radius 1 is 0.800 bits per heavy atom. The third kappa shape index (κ3) is 3.24. The van der Waals surface area contributed by atoms with Gasteiger partial charge in [-0.25, -0.2) is 0 Å². The number of unbranched alkanes of at least 4 members (excludes halogenated alkanes) is 5. The number of amides is 2. The summed E-state index contributed by atoms with van der Waals surface area (Å²) in [6.45, 7) is 0.241. The van der Waals surface area contributed by atoms with Gasteiger partial charge in [-0.2, -0.15) is 0 Å². The highest BCUT2D eigenvalue weighted by Crippen LogP contribution is 2.22. The topological polar surface area (TPSA) is 37.4 Å². The van der Waals surface area contributed by atoms with Crippen LogP contribution in [0.25, 0.3) is 0 Å². The van der Waals surface area contributed by atoms with E-state index in [0.29, 0.717) is 24.1 Å². The molecular formula is C16H20FNO2. The molecule has 0 fully saturated rings. The molecule has 0 radical (unpaired) electrons.